The van der Waals surface area contributed by atoms with Crippen molar-refractivity contribution >= 4 is 5.78 Å². The van der Waals surface area contributed by atoms with Gasteiger partial charge in [-0.15, -0.1) is 0 Å². The van der Waals surface area contributed by atoms with Gasteiger partial charge in [-0.2, -0.15) is 0 Å². The van der Waals surface area contributed by atoms with Gasteiger partial charge in [0.25, 0.3) is 0 Å². The Bertz CT molecular complexity index is 797. The molecule has 2 aliphatic rings. The van der Waals surface area contributed by atoms with E-state index in [-0.39, 0.29) is 17.1 Å². The molecule has 2 atom stereocenters. The van der Waals surface area contributed by atoms with Gasteiger partial charge in [-0.25, -0.2) is 0 Å². The first-order valence-corrected chi connectivity index (χ1v) is 9.45. The summed E-state index contributed by atoms with van der Waals surface area (Å²) in [5.74, 6) is 0.836. The molecule has 2 aromatic carbocycles. The third-order valence-electron chi connectivity index (χ3n) is 6.04. The van der Waals surface area contributed by atoms with Crippen molar-refractivity contribution in [2.45, 2.75) is 43.7 Å². The van der Waals surface area contributed by atoms with Gasteiger partial charge < -0.3 is 15.8 Å². The molecule has 2 unspecified atom stereocenters. The van der Waals surface area contributed by atoms with Crippen molar-refractivity contribution in [3.05, 3.63) is 65.2 Å². The average molecular weight is 350 g/mol. The van der Waals surface area contributed by atoms with E-state index in [1.54, 1.807) is 0 Å². The summed E-state index contributed by atoms with van der Waals surface area (Å²) < 4.78 is 6.29. The largest absolute Gasteiger partial charge is 0.481 e. The molecule has 136 valence electrons. The number of benzene rings is 2. The van der Waals surface area contributed by atoms with Crippen LogP contribution in [0.25, 0.3) is 0 Å². The van der Waals surface area contributed by atoms with Crippen LogP contribution in [-0.2, 0) is 16.8 Å². The molecule has 1 spiro atoms. The molecule has 3 N–H and O–H groups in total. The number of rotatable bonds is 4. The van der Waals surface area contributed by atoms with E-state index in [9.17, 15) is 4.79 Å². The van der Waals surface area contributed by atoms with E-state index in [4.69, 9.17) is 10.5 Å². The Hall–Kier alpha value is -2.17. The van der Waals surface area contributed by atoms with Crippen LogP contribution >= 0.6 is 0 Å². The Kier molecular flexibility index (Phi) is 4.55. The highest BCUT2D eigenvalue weighted by atomic mass is 16.5. The van der Waals surface area contributed by atoms with Crippen molar-refractivity contribution in [3.8, 4) is 5.75 Å². The molecule has 1 fully saturated rings. The lowest BCUT2D eigenvalue weighted by atomic mass is 9.67. The summed E-state index contributed by atoms with van der Waals surface area (Å²) in [7, 11) is 0. The van der Waals surface area contributed by atoms with Crippen LogP contribution in [0.15, 0.2) is 48.5 Å². The summed E-state index contributed by atoms with van der Waals surface area (Å²) in [6.45, 7) is 4.29. The molecular weight excluding hydrogens is 324 g/mol. The number of hydrogen-bond donors (Lipinski definition) is 2. The predicted octanol–water partition coefficient (Wildman–Crippen LogP) is 2.90. The number of ketones is 1. The summed E-state index contributed by atoms with van der Waals surface area (Å²) in [4.78, 5) is 13.5. The third kappa shape index (κ3) is 2.74. The molecule has 4 heteroatoms. The Balaban J connectivity index is 1.72. The highest BCUT2D eigenvalue weighted by Crippen LogP contribution is 2.50. The first-order valence-electron chi connectivity index (χ1n) is 9.45. The molecule has 2 heterocycles. The van der Waals surface area contributed by atoms with Crippen molar-refractivity contribution in [2.75, 3.05) is 13.1 Å². The van der Waals surface area contributed by atoms with Crippen LogP contribution in [0, 0.1) is 0 Å². The molecule has 1 saturated heterocycles. The number of piperidine rings is 1. The van der Waals surface area contributed by atoms with Crippen LogP contribution in [0.4, 0.5) is 0 Å². The average Bonchev–Trinajstić information content (AvgIpc) is 3.01. The maximum Gasteiger partial charge on any atom is 0.181 e. The number of hydrogen-bond acceptors (Lipinski definition) is 4. The van der Waals surface area contributed by atoms with Crippen LogP contribution in [-0.4, -0.2) is 25.0 Å². The Labute approximate surface area is 154 Å². The maximum atomic E-state index is 13.5. The molecule has 0 saturated carbocycles. The van der Waals surface area contributed by atoms with Crippen molar-refractivity contribution in [1.29, 1.82) is 0 Å². The number of ether oxygens (including phenoxy) is 1. The quantitative estimate of drug-likeness (QED) is 0.890. The fraction of sp³-hybridized carbons (Fsp3) is 0.409. The van der Waals surface area contributed by atoms with Gasteiger partial charge in [0.15, 0.2) is 11.9 Å². The molecule has 0 aliphatic carbocycles. The van der Waals surface area contributed by atoms with Crippen molar-refractivity contribution in [2.24, 2.45) is 5.73 Å². The van der Waals surface area contributed by atoms with E-state index in [2.05, 4.69) is 11.4 Å². The zero-order valence-electron chi connectivity index (χ0n) is 15.2. The number of nitrogens with two attached hydrogens (primary N) is 1. The van der Waals surface area contributed by atoms with Crippen molar-refractivity contribution in [3.63, 3.8) is 0 Å². The highest BCUT2D eigenvalue weighted by molar-refractivity contribution is 5.92. The molecule has 0 amide bonds. The molecule has 4 nitrogen and oxygen atoms in total. The lowest BCUT2D eigenvalue weighted by Crippen LogP contribution is -2.51. The first-order chi connectivity index (χ1) is 12.7. The van der Waals surface area contributed by atoms with Crippen molar-refractivity contribution in [1.82, 2.24) is 5.32 Å². The van der Waals surface area contributed by atoms with E-state index in [1.165, 1.54) is 5.56 Å². The fourth-order valence-corrected chi connectivity index (χ4v) is 4.44. The zero-order chi connectivity index (χ0) is 18.1. The summed E-state index contributed by atoms with van der Waals surface area (Å²) in [5, 5.41) is 3.42. The summed E-state index contributed by atoms with van der Waals surface area (Å²) in [6.07, 6.45) is 1.39. The van der Waals surface area contributed by atoms with Gasteiger partial charge in [-0.3, -0.25) is 4.79 Å². The molecule has 26 heavy (non-hydrogen) atoms. The lowest BCUT2D eigenvalue weighted by Gasteiger charge is -2.38. The van der Waals surface area contributed by atoms with Gasteiger partial charge in [-0.05, 0) is 43.1 Å². The summed E-state index contributed by atoms with van der Waals surface area (Å²) in [5.41, 5.74) is 8.92. The Morgan fingerprint density at radius 2 is 1.96 bits per heavy atom. The minimum atomic E-state index is -0.428. The minimum Gasteiger partial charge on any atom is -0.481 e. The Morgan fingerprint density at radius 3 is 2.65 bits per heavy atom. The number of carbonyl (C=O) groups excluding carboxylic acids is 1. The van der Waals surface area contributed by atoms with Crippen LogP contribution in [0.2, 0.25) is 0 Å². The smallest absolute Gasteiger partial charge is 0.181 e. The van der Waals surface area contributed by atoms with Crippen LogP contribution in [0.1, 0.15) is 42.4 Å². The van der Waals surface area contributed by atoms with Crippen LogP contribution < -0.4 is 15.8 Å². The molecule has 2 aromatic rings. The second-order valence-electron chi connectivity index (χ2n) is 7.47. The molecular formula is C22H26N2O2. The van der Waals surface area contributed by atoms with E-state index in [1.807, 2.05) is 49.4 Å². The lowest BCUT2D eigenvalue weighted by molar-refractivity contribution is -0.129. The monoisotopic (exact) mass is 350 g/mol. The topological polar surface area (TPSA) is 64.3 Å². The second-order valence-corrected chi connectivity index (χ2v) is 7.47. The summed E-state index contributed by atoms with van der Waals surface area (Å²) in [6, 6.07) is 16.1. The minimum absolute atomic E-state index is 0.170. The van der Waals surface area contributed by atoms with Gasteiger partial charge in [0, 0.05) is 23.4 Å². The number of nitrogens with one attached hydrogen (secondary N) is 1. The van der Waals surface area contributed by atoms with Gasteiger partial charge in [0.2, 0.25) is 0 Å². The van der Waals surface area contributed by atoms with E-state index in [0.29, 0.717) is 6.54 Å². The van der Waals surface area contributed by atoms with Gasteiger partial charge in [0.05, 0.1) is 0 Å². The van der Waals surface area contributed by atoms with Gasteiger partial charge in [-0.1, -0.05) is 49.4 Å². The SMILES string of the molecule is CC(C(=O)C1Oc2ccc(CN)cc2C12CCNCC2)c1ccccc1. The van der Waals surface area contributed by atoms with E-state index < -0.39 is 6.10 Å². The summed E-state index contributed by atoms with van der Waals surface area (Å²) >= 11 is 0. The standard InChI is InChI=1S/C22H26N2O2/c1-15(17-5-3-2-4-6-17)20(25)21-22(9-11-24-12-10-22)18-13-16(14-23)7-8-19(18)26-21/h2-8,13,15,21,24H,9-12,14,23H2,1H3. The van der Waals surface area contributed by atoms with Gasteiger partial charge in [0.1, 0.15) is 5.75 Å². The molecule has 2 aliphatic heterocycles. The number of Topliss-reactive ketones (excluding diaryl/α,β-unsaturated/α-hetero) is 1. The number of carbonyl (C=O) groups is 1. The molecule has 4 rings (SSSR count). The molecule has 0 aromatic heterocycles. The zero-order valence-corrected chi connectivity index (χ0v) is 15.2. The normalized spacial score (nSPS) is 21.8. The van der Waals surface area contributed by atoms with Gasteiger partial charge >= 0.3 is 0 Å². The first kappa shape index (κ1) is 17.3. The van der Waals surface area contributed by atoms with Crippen molar-refractivity contribution < 1.29 is 9.53 Å². The second kappa shape index (κ2) is 6.86. The fourth-order valence-electron chi connectivity index (χ4n) is 4.44. The predicted molar refractivity (Wildman–Crippen MR) is 102 cm³/mol. The van der Waals surface area contributed by atoms with Crippen LogP contribution in [0.5, 0.6) is 5.75 Å². The highest BCUT2D eigenvalue weighted by Gasteiger charge is 2.53. The Morgan fingerprint density at radius 1 is 1.23 bits per heavy atom. The van der Waals surface area contributed by atoms with E-state index >= 15 is 0 Å². The van der Waals surface area contributed by atoms with E-state index in [0.717, 1.165) is 42.8 Å². The third-order valence-corrected chi connectivity index (χ3v) is 6.04. The maximum absolute atomic E-state index is 13.5. The van der Waals surface area contributed by atoms with Crippen LogP contribution in [0.3, 0.4) is 0 Å². The molecule has 0 radical (unpaired) electrons. The number of fused-ring (bicyclic) bond motifs is 2. The molecule has 0 bridgehead atoms.